The van der Waals surface area contributed by atoms with Gasteiger partial charge in [-0.15, -0.1) is 11.3 Å². The Morgan fingerprint density at radius 3 is 2.71 bits per heavy atom. The second-order valence-electron chi connectivity index (χ2n) is 7.26. The van der Waals surface area contributed by atoms with E-state index >= 15 is 0 Å². The number of aromatic nitrogens is 3. The number of rotatable bonds is 3. The van der Waals surface area contributed by atoms with Crippen LogP contribution in [0.5, 0.6) is 0 Å². The van der Waals surface area contributed by atoms with E-state index in [0.717, 1.165) is 20.7 Å². The number of fused-ring (bicyclic) bond motifs is 1. The van der Waals surface area contributed by atoms with Crippen molar-refractivity contribution in [3.8, 4) is 10.4 Å². The maximum Gasteiger partial charge on any atom is 0.254 e. The van der Waals surface area contributed by atoms with E-state index in [1.165, 1.54) is 23.5 Å². The SMILES string of the molecule is Nc1nc(C2CNCCN2C(=O)c2ccncc2)c2cc(-c3ccc(F)cc3)sc2n1. The molecule has 31 heavy (non-hydrogen) atoms. The molecule has 0 aliphatic carbocycles. The molecular weight excluding hydrogens is 415 g/mol. The zero-order chi connectivity index (χ0) is 21.4. The average Bonchev–Trinajstić information content (AvgIpc) is 3.23. The fraction of sp³-hybridized carbons (Fsp3) is 0.182. The lowest BCUT2D eigenvalue weighted by atomic mass is 10.0. The summed E-state index contributed by atoms with van der Waals surface area (Å²) in [6.45, 7) is 1.80. The molecule has 1 aromatic carbocycles. The Labute approximate surface area is 181 Å². The summed E-state index contributed by atoms with van der Waals surface area (Å²) >= 11 is 1.47. The third-order valence-corrected chi connectivity index (χ3v) is 6.39. The number of nitrogens with two attached hydrogens (primary N) is 1. The lowest BCUT2D eigenvalue weighted by molar-refractivity contribution is 0.0631. The molecule has 5 rings (SSSR count). The Morgan fingerprint density at radius 2 is 1.94 bits per heavy atom. The van der Waals surface area contributed by atoms with Gasteiger partial charge in [0.05, 0.1) is 11.7 Å². The van der Waals surface area contributed by atoms with Crippen LogP contribution < -0.4 is 11.1 Å². The number of halogens is 1. The smallest absolute Gasteiger partial charge is 0.254 e. The van der Waals surface area contributed by atoms with E-state index in [-0.39, 0.29) is 23.7 Å². The predicted molar refractivity (Wildman–Crippen MR) is 118 cm³/mol. The van der Waals surface area contributed by atoms with E-state index in [1.807, 2.05) is 11.0 Å². The van der Waals surface area contributed by atoms with Gasteiger partial charge in [-0.1, -0.05) is 12.1 Å². The summed E-state index contributed by atoms with van der Waals surface area (Å²) in [6.07, 6.45) is 3.22. The van der Waals surface area contributed by atoms with Crippen molar-refractivity contribution in [3.63, 3.8) is 0 Å². The van der Waals surface area contributed by atoms with Crippen LogP contribution in [0.1, 0.15) is 22.1 Å². The number of amides is 1. The normalized spacial score (nSPS) is 16.5. The number of piperazine rings is 1. The number of nitrogen functional groups attached to an aromatic ring is 1. The molecule has 4 aromatic rings. The highest BCUT2D eigenvalue weighted by atomic mass is 32.1. The van der Waals surface area contributed by atoms with Gasteiger partial charge in [-0.2, -0.15) is 0 Å². The molecule has 3 N–H and O–H groups in total. The molecule has 0 saturated carbocycles. The molecule has 7 nitrogen and oxygen atoms in total. The first kappa shape index (κ1) is 19.5. The molecule has 0 spiro atoms. The molecule has 9 heteroatoms. The fourth-order valence-electron chi connectivity index (χ4n) is 3.82. The summed E-state index contributed by atoms with van der Waals surface area (Å²) in [5.74, 6) is -0.196. The highest BCUT2D eigenvalue weighted by Crippen LogP contribution is 2.37. The van der Waals surface area contributed by atoms with Gasteiger partial charge in [-0.25, -0.2) is 14.4 Å². The van der Waals surface area contributed by atoms with Crippen LogP contribution >= 0.6 is 11.3 Å². The van der Waals surface area contributed by atoms with Crippen LogP contribution in [0, 0.1) is 5.82 Å². The third kappa shape index (κ3) is 3.73. The van der Waals surface area contributed by atoms with Gasteiger partial charge < -0.3 is 16.0 Å². The van der Waals surface area contributed by atoms with Crippen LogP contribution in [0.15, 0.2) is 54.9 Å². The van der Waals surface area contributed by atoms with Crippen molar-refractivity contribution >= 4 is 33.4 Å². The number of benzene rings is 1. The van der Waals surface area contributed by atoms with Crippen LogP contribution in [0.25, 0.3) is 20.7 Å². The third-order valence-electron chi connectivity index (χ3n) is 5.32. The molecular formula is C22H19FN6OS. The van der Waals surface area contributed by atoms with Crippen molar-refractivity contribution in [2.75, 3.05) is 25.4 Å². The summed E-state index contributed by atoms with van der Waals surface area (Å²) < 4.78 is 13.3. The minimum absolute atomic E-state index is 0.0757. The molecule has 3 aromatic heterocycles. The lowest BCUT2D eigenvalue weighted by Gasteiger charge is -2.36. The first-order chi connectivity index (χ1) is 15.1. The fourth-order valence-corrected chi connectivity index (χ4v) is 4.87. The van der Waals surface area contributed by atoms with E-state index in [1.54, 1.807) is 36.7 Å². The van der Waals surface area contributed by atoms with Gasteiger partial charge in [-0.3, -0.25) is 9.78 Å². The molecule has 1 amide bonds. The van der Waals surface area contributed by atoms with Crippen molar-refractivity contribution in [1.82, 2.24) is 25.2 Å². The Bertz CT molecular complexity index is 1240. The van der Waals surface area contributed by atoms with Crippen molar-refractivity contribution in [1.29, 1.82) is 0 Å². The van der Waals surface area contributed by atoms with E-state index in [9.17, 15) is 9.18 Å². The number of thiophene rings is 1. The lowest BCUT2D eigenvalue weighted by Crippen LogP contribution is -2.49. The van der Waals surface area contributed by atoms with Crippen LogP contribution in [0.4, 0.5) is 10.3 Å². The Kier molecular flexibility index (Phi) is 5.05. The topological polar surface area (TPSA) is 97.0 Å². The molecule has 0 radical (unpaired) electrons. The van der Waals surface area contributed by atoms with Gasteiger partial charge in [0.2, 0.25) is 5.95 Å². The van der Waals surface area contributed by atoms with Gasteiger partial charge in [0.1, 0.15) is 10.6 Å². The number of nitrogens with one attached hydrogen (secondary N) is 1. The minimum Gasteiger partial charge on any atom is -0.368 e. The molecule has 4 heterocycles. The van der Waals surface area contributed by atoms with Crippen molar-refractivity contribution in [2.45, 2.75) is 6.04 Å². The quantitative estimate of drug-likeness (QED) is 0.514. The maximum absolute atomic E-state index is 13.3. The van der Waals surface area contributed by atoms with Gasteiger partial charge in [0.15, 0.2) is 0 Å². The second-order valence-corrected chi connectivity index (χ2v) is 8.29. The van der Waals surface area contributed by atoms with E-state index < -0.39 is 0 Å². The Hall–Kier alpha value is -3.43. The molecule has 1 aliphatic heterocycles. The number of carbonyl (C=O) groups is 1. The molecule has 1 saturated heterocycles. The van der Waals surface area contributed by atoms with Crippen molar-refractivity contribution in [2.24, 2.45) is 0 Å². The number of pyridine rings is 1. The maximum atomic E-state index is 13.3. The number of hydrogen-bond donors (Lipinski definition) is 2. The van der Waals surface area contributed by atoms with Crippen LogP contribution in [0.3, 0.4) is 0 Å². The molecule has 1 unspecified atom stereocenters. The van der Waals surface area contributed by atoms with Gasteiger partial charge in [0.25, 0.3) is 5.91 Å². The molecule has 156 valence electrons. The summed E-state index contributed by atoms with van der Waals surface area (Å²) in [5.41, 5.74) is 8.21. The first-order valence-electron chi connectivity index (χ1n) is 9.85. The van der Waals surface area contributed by atoms with Gasteiger partial charge in [-0.05, 0) is 35.9 Å². The average molecular weight is 435 g/mol. The summed E-state index contributed by atoms with van der Waals surface area (Å²) in [6, 6.07) is 11.5. The summed E-state index contributed by atoms with van der Waals surface area (Å²) in [7, 11) is 0. The van der Waals surface area contributed by atoms with Crippen molar-refractivity contribution < 1.29 is 9.18 Å². The Morgan fingerprint density at radius 1 is 1.16 bits per heavy atom. The Balaban J connectivity index is 1.59. The van der Waals surface area contributed by atoms with Crippen molar-refractivity contribution in [3.05, 3.63) is 71.9 Å². The van der Waals surface area contributed by atoms with E-state index in [0.29, 0.717) is 30.9 Å². The largest absolute Gasteiger partial charge is 0.368 e. The molecule has 1 aliphatic rings. The summed E-state index contributed by atoms with van der Waals surface area (Å²) in [4.78, 5) is 29.7. The zero-order valence-corrected chi connectivity index (χ0v) is 17.3. The molecule has 0 bridgehead atoms. The zero-order valence-electron chi connectivity index (χ0n) is 16.5. The minimum atomic E-state index is -0.294. The second kappa shape index (κ2) is 8.01. The number of hydrogen-bond acceptors (Lipinski definition) is 7. The van der Waals surface area contributed by atoms with E-state index in [4.69, 9.17) is 5.73 Å². The van der Waals surface area contributed by atoms with Crippen LogP contribution in [-0.2, 0) is 0 Å². The van der Waals surface area contributed by atoms with Gasteiger partial charge in [0, 0.05) is 47.9 Å². The highest BCUT2D eigenvalue weighted by Gasteiger charge is 2.31. The van der Waals surface area contributed by atoms with E-state index in [2.05, 4.69) is 20.3 Å². The molecule has 1 fully saturated rings. The van der Waals surface area contributed by atoms with Crippen LogP contribution in [0.2, 0.25) is 0 Å². The van der Waals surface area contributed by atoms with Gasteiger partial charge >= 0.3 is 0 Å². The number of nitrogens with zero attached hydrogens (tertiary/aromatic N) is 4. The van der Waals surface area contributed by atoms with Crippen LogP contribution in [-0.4, -0.2) is 45.4 Å². The highest BCUT2D eigenvalue weighted by molar-refractivity contribution is 7.21. The molecule has 1 atom stereocenters. The number of anilines is 1. The standard InChI is InChI=1S/C22H19FN6OS/c23-15-3-1-13(2-4-15)18-11-16-19(27-22(24)28-20(16)31-18)17-12-26-9-10-29(17)21(30)14-5-7-25-8-6-14/h1-8,11,17,26H,9-10,12H2,(H2,24,27,28). The predicted octanol–water partition coefficient (Wildman–Crippen LogP) is 3.26. The summed E-state index contributed by atoms with van der Waals surface area (Å²) in [5, 5.41) is 4.20. The monoisotopic (exact) mass is 434 g/mol. The first-order valence-corrected chi connectivity index (χ1v) is 10.7. The number of carbonyl (C=O) groups excluding carboxylic acids is 1.